The van der Waals surface area contributed by atoms with Crippen molar-refractivity contribution < 1.29 is 27.9 Å². The van der Waals surface area contributed by atoms with E-state index in [0.29, 0.717) is 0 Å². The summed E-state index contributed by atoms with van der Waals surface area (Å²) >= 11 is 0. The highest BCUT2D eigenvalue weighted by Gasteiger charge is 2.34. The molecule has 0 aromatic heterocycles. The summed E-state index contributed by atoms with van der Waals surface area (Å²) in [6.07, 6.45) is -4.26. The lowest BCUT2D eigenvalue weighted by molar-refractivity contribution is -0.145. The molecule has 0 spiro atoms. The van der Waals surface area contributed by atoms with Gasteiger partial charge in [-0.1, -0.05) is 0 Å². The number of carboxylic acid groups (broad SMARTS) is 1. The van der Waals surface area contributed by atoms with Gasteiger partial charge in [0.25, 0.3) is 0 Å². The number of amides is 1. The minimum atomic E-state index is -4.36. The van der Waals surface area contributed by atoms with Crippen molar-refractivity contribution in [1.29, 1.82) is 0 Å². The van der Waals surface area contributed by atoms with Crippen LogP contribution in [0.2, 0.25) is 0 Å². The summed E-state index contributed by atoms with van der Waals surface area (Å²) in [6, 6.07) is -0.629. The van der Waals surface area contributed by atoms with Gasteiger partial charge in [0.2, 0.25) is 5.91 Å². The minimum Gasteiger partial charge on any atom is -0.481 e. The zero-order chi connectivity index (χ0) is 14.6. The Labute approximate surface area is 107 Å². The maximum Gasteiger partial charge on any atom is 0.401 e. The number of carboxylic acids is 1. The monoisotopic (exact) mass is 283 g/mol. The molecule has 1 amide bonds. The Balaban J connectivity index is 2.59. The van der Waals surface area contributed by atoms with E-state index in [1.54, 1.807) is 0 Å². The lowest BCUT2D eigenvalue weighted by atomic mass is 9.94. The van der Waals surface area contributed by atoms with Crippen molar-refractivity contribution in [3.05, 3.63) is 0 Å². The number of likely N-dealkylation sites (tertiary alicyclic amines) is 1. The van der Waals surface area contributed by atoms with E-state index in [-0.39, 0.29) is 26.1 Å². The summed E-state index contributed by atoms with van der Waals surface area (Å²) in [5.74, 6) is -2.53. The molecule has 0 bridgehead atoms. The Hall–Kier alpha value is -1.35. The van der Waals surface area contributed by atoms with Gasteiger partial charge in [-0.25, -0.2) is 0 Å². The van der Waals surface area contributed by atoms with E-state index in [4.69, 9.17) is 10.8 Å². The van der Waals surface area contributed by atoms with Gasteiger partial charge in [0.05, 0.1) is 19.0 Å². The van der Waals surface area contributed by atoms with Crippen molar-refractivity contribution in [3.8, 4) is 0 Å². The van der Waals surface area contributed by atoms with Crippen molar-refractivity contribution in [2.45, 2.75) is 18.6 Å². The van der Waals surface area contributed by atoms with Gasteiger partial charge in [-0.05, 0) is 6.42 Å². The summed E-state index contributed by atoms with van der Waals surface area (Å²) in [5, 5.41) is 11.2. The van der Waals surface area contributed by atoms with Crippen LogP contribution in [0.15, 0.2) is 0 Å². The van der Waals surface area contributed by atoms with Crippen molar-refractivity contribution in [2.75, 3.05) is 26.2 Å². The van der Waals surface area contributed by atoms with Crippen LogP contribution < -0.4 is 11.1 Å². The van der Waals surface area contributed by atoms with E-state index in [1.807, 2.05) is 0 Å². The maximum atomic E-state index is 12.1. The number of rotatable bonds is 5. The second-order valence-corrected chi connectivity index (χ2v) is 4.62. The number of nitrogens with one attached hydrogen (secondary N) is 1. The summed E-state index contributed by atoms with van der Waals surface area (Å²) < 4.78 is 36.3. The number of piperidine rings is 1. The van der Waals surface area contributed by atoms with Crippen LogP contribution in [-0.2, 0) is 9.59 Å². The zero-order valence-corrected chi connectivity index (χ0v) is 10.1. The van der Waals surface area contributed by atoms with Gasteiger partial charge >= 0.3 is 12.1 Å². The standard InChI is InChI=1S/C10H16F3N3O3/c11-10(12,13)5-15-7-1-6(9(18)19)2-16(3-7)4-8(14)17/h6-7,15H,1-5H2,(H2,14,17)(H,18,19). The summed E-state index contributed by atoms with van der Waals surface area (Å²) in [6.45, 7) is -1.06. The number of nitrogens with zero attached hydrogens (tertiary/aromatic N) is 1. The molecule has 1 fully saturated rings. The number of carbonyl (C=O) groups is 2. The number of alkyl halides is 3. The molecule has 1 aliphatic heterocycles. The van der Waals surface area contributed by atoms with Gasteiger partial charge in [-0.3, -0.25) is 14.5 Å². The first-order valence-electron chi connectivity index (χ1n) is 5.71. The van der Waals surface area contributed by atoms with E-state index in [9.17, 15) is 22.8 Å². The van der Waals surface area contributed by atoms with E-state index < -0.39 is 36.6 Å². The molecular weight excluding hydrogens is 267 g/mol. The molecule has 6 nitrogen and oxygen atoms in total. The third-order valence-electron chi connectivity index (χ3n) is 2.85. The number of nitrogens with two attached hydrogens (primary N) is 1. The van der Waals surface area contributed by atoms with E-state index in [0.717, 1.165) is 0 Å². The molecular formula is C10H16F3N3O3. The molecule has 1 saturated heterocycles. The largest absolute Gasteiger partial charge is 0.481 e. The second-order valence-electron chi connectivity index (χ2n) is 4.62. The molecule has 0 aliphatic carbocycles. The van der Waals surface area contributed by atoms with Crippen molar-refractivity contribution in [1.82, 2.24) is 10.2 Å². The average molecular weight is 283 g/mol. The third kappa shape index (κ3) is 5.88. The first kappa shape index (κ1) is 15.7. The molecule has 2 unspecified atom stereocenters. The second kappa shape index (κ2) is 6.20. The molecule has 4 N–H and O–H groups in total. The molecule has 19 heavy (non-hydrogen) atoms. The number of carbonyl (C=O) groups excluding carboxylic acids is 1. The fourth-order valence-corrected chi connectivity index (χ4v) is 2.13. The number of halogens is 3. The van der Waals surface area contributed by atoms with Gasteiger partial charge in [0.1, 0.15) is 0 Å². The van der Waals surface area contributed by atoms with Crippen LogP contribution in [0.25, 0.3) is 0 Å². The van der Waals surface area contributed by atoms with Crippen LogP contribution in [0.4, 0.5) is 13.2 Å². The first-order valence-corrected chi connectivity index (χ1v) is 5.71. The van der Waals surface area contributed by atoms with Crippen LogP contribution in [0, 0.1) is 5.92 Å². The topological polar surface area (TPSA) is 95.7 Å². The molecule has 0 radical (unpaired) electrons. The molecule has 0 aromatic rings. The number of aliphatic carboxylic acids is 1. The van der Waals surface area contributed by atoms with Gasteiger partial charge in [-0.2, -0.15) is 13.2 Å². The Kier molecular flexibility index (Phi) is 5.12. The maximum absolute atomic E-state index is 12.1. The van der Waals surface area contributed by atoms with Crippen LogP contribution in [-0.4, -0.2) is 60.3 Å². The van der Waals surface area contributed by atoms with Gasteiger partial charge in [0.15, 0.2) is 0 Å². The van der Waals surface area contributed by atoms with Crippen molar-refractivity contribution in [2.24, 2.45) is 11.7 Å². The number of hydrogen-bond acceptors (Lipinski definition) is 4. The molecule has 0 aromatic carbocycles. The fraction of sp³-hybridized carbons (Fsp3) is 0.800. The van der Waals surface area contributed by atoms with Crippen LogP contribution in [0.1, 0.15) is 6.42 Å². The molecule has 0 saturated carbocycles. The molecule has 9 heteroatoms. The SMILES string of the molecule is NC(=O)CN1CC(NCC(F)(F)F)CC(C(=O)O)C1. The van der Waals surface area contributed by atoms with Crippen molar-refractivity contribution >= 4 is 11.9 Å². The first-order chi connectivity index (χ1) is 8.67. The Morgan fingerprint density at radius 3 is 2.47 bits per heavy atom. The number of hydrogen-bond donors (Lipinski definition) is 3. The summed E-state index contributed by atoms with van der Waals surface area (Å²) in [5.41, 5.74) is 5.01. The van der Waals surface area contributed by atoms with E-state index in [1.165, 1.54) is 4.90 Å². The molecule has 2 atom stereocenters. The normalized spacial score (nSPS) is 25.2. The molecule has 1 heterocycles. The zero-order valence-electron chi connectivity index (χ0n) is 10.1. The van der Waals surface area contributed by atoms with Crippen LogP contribution in [0.3, 0.4) is 0 Å². The minimum absolute atomic E-state index is 0.0979. The predicted octanol–water partition coefficient (Wildman–Crippen LogP) is -0.601. The highest BCUT2D eigenvalue weighted by molar-refractivity contribution is 5.76. The Morgan fingerprint density at radius 2 is 2.00 bits per heavy atom. The van der Waals surface area contributed by atoms with Gasteiger partial charge in [-0.15, -0.1) is 0 Å². The van der Waals surface area contributed by atoms with Gasteiger partial charge < -0.3 is 16.2 Å². The lowest BCUT2D eigenvalue weighted by Crippen LogP contribution is -2.54. The predicted molar refractivity (Wildman–Crippen MR) is 59.2 cm³/mol. The summed E-state index contributed by atoms with van der Waals surface area (Å²) in [4.78, 5) is 23.2. The van der Waals surface area contributed by atoms with Crippen molar-refractivity contribution in [3.63, 3.8) is 0 Å². The van der Waals surface area contributed by atoms with Crippen LogP contribution in [0.5, 0.6) is 0 Å². The fourth-order valence-electron chi connectivity index (χ4n) is 2.13. The summed E-state index contributed by atoms with van der Waals surface area (Å²) in [7, 11) is 0. The van der Waals surface area contributed by atoms with Gasteiger partial charge in [0, 0.05) is 19.1 Å². The third-order valence-corrected chi connectivity index (χ3v) is 2.85. The quantitative estimate of drug-likeness (QED) is 0.626. The highest BCUT2D eigenvalue weighted by Crippen LogP contribution is 2.19. The number of primary amides is 1. The molecule has 1 rings (SSSR count). The molecule has 110 valence electrons. The average Bonchev–Trinajstić information content (AvgIpc) is 2.24. The Morgan fingerprint density at radius 1 is 1.37 bits per heavy atom. The van der Waals surface area contributed by atoms with E-state index in [2.05, 4.69) is 5.32 Å². The van der Waals surface area contributed by atoms with Crippen LogP contribution >= 0.6 is 0 Å². The highest BCUT2D eigenvalue weighted by atomic mass is 19.4. The Bertz CT molecular complexity index is 349. The smallest absolute Gasteiger partial charge is 0.401 e. The van der Waals surface area contributed by atoms with E-state index >= 15 is 0 Å². The molecule has 1 aliphatic rings. The lowest BCUT2D eigenvalue weighted by Gasteiger charge is -2.36.